The number of hydrogen-bond donors (Lipinski definition) is 1. The van der Waals surface area contributed by atoms with E-state index in [0.29, 0.717) is 19.1 Å². The second-order valence-corrected chi connectivity index (χ2v) is 6.49. The molecule has 0 spiro atoms. The number of nitriles is 1. The largest absolute Gasteiger partial charge is 0.416 e. The van der Waals surface area contributed by atoms with E-state index in [1.807, 2.05) is 0 Å². The Morgan fingerprint density at radius 1 is 1.00 bits per heavy atom. The summed E-state index contributed by atoms with van der Waals surface area (Å²) < 4.78 is 121. The van der Waals surface area contributed by atoms with E-state index in [-0.39, 0.29) is 5.69 Å². The first-order valence-electron chi connectivity index (χ1n) is 8.23. The van der Waals surface area contributed by atoms with Crippen LogP contribution >= 0.6 is 0 Å². The van der Waals surface area contributed by atoms with Crippen molar-refractivity contribution in [3.63, 3.8) is 0 Å². The SMILES string of the molecule is CC=C1C(C)C(C(F)(F)F)(C(F)(F)F)C(C#N)=C(N)N1c1ccc(C(F)(F)F)cc1. The summed E-state index contributed by atoms with van der Waals surface area (Å²) in [7, 11) is 0. The lowest BCUT2D eigenvalue weighted by Gasteiger charge is -2.49. The fourth-order valence-electron chi connectivity index (χ4n) is 3.63. The number of allylic oxidation sites excluding steroid dienone is 3. The van der Waals surface area contributed by atoms with Gasteiger partial charge in [0.25, 0.3) is 0 Å². The predicted octanol–water partition coefficient (Wildman–Crippen LogP) is 5.87. The molecular formula is C18H14F9N3. The topological polar surface area (TPSA) is 53.1 Å². The highest BCUT2D eigenvalue weighted by molar-refractivity contribution is 5.64. The summed E-state index contributed by atoms with van der Waals surface area (Å²) in [5.41, 5.74) is -2.63. The molecule has 2 N–H and O–H groups in total. The summed E-state index contributed by atoms with van der Waals surface area (Å²) in [5, 5.41) is 9.23. The van der Waals surface area contributed by atoms with Gasteiger partial charge < -0.3 is 10.6 Å². The molecule has 3 nitrogen and oxygen atoms in total. The molecule has 1 atom stereocenters. The number of alkyl halides is 9. The normalized spacial score (nSPS) is 21.7. The number of anilines is 1. The maximum absolute atomic E-state index is 13.8. The third kappa shape index (κ3) is 3.26. The third-order valence-electron chi connectivity index (χ3n) is 5.00. The molecule has 0 aliphatic carbocycles. The number of halogens is 9. The number of benzene rings is 1. The van der Waals surface area contributed by atoms with Crippen molar-refractivity contribution in [1.29, 1.82) is 5.26 Å². The third-order valence-corrected chi connectivity index (χ3v) is 5.00. The van der Waals surface area contributed by atoms with Crippen LogP contribution in [0.3, 0.4) is 0 Å². The lowest BCUT2D eigenvalue weighted by atomic mass is 9.65. The van der Waals surface area contributed by atoms with Crippen molar-refractivity contribution in [3.8, 4) is 6.07 Å². The van der Waals surface area contributed by atoms with E-state index in [9.17, 15) is 44.8 Å². The van der Waals surface area contributed by atoms with Gasteiger partial charge in [-0.1, -0.05) is 13.0 Å². The van der Waals surface area contributed by atoms with Crippen LogP contribution < -0.4 is 10.6 Å². The van der Waals surface area contributed by atoms with Crippen molar-refractivity contribution < 1.29 is 39.5 Å². The Labute approximate surface area is 164 Å². The number of nitrogens with zero attached hydrogens (tertiary/aromatic N) is 2. The minimum absolute atomic E-state index is 0.230. The maximum atomic E-state index is 13.8. The molecule has 12 heteroatoms. The number of rotatable bonds is 1. The van der Waals surface area contributed by atoms with Gasteiger partial charge in [0.1, 0.15) is 5.82 Å². The lowest BCUT2D eigenvalue weighted by molar-refractivity contribution is -0.337. The van der Waals surface area contributed by atoms with Crippen molar-refractivity contribution >= 4 is 5.69 Å². The Balaban J connectivity index is 2.86. The molecule has 0 saturated heterocycles. The molecule has 30 heavy (non-hydrogen) atoms. The Morgan fingerprint density at radius 2 is 1.47 bits per heavy atom. The van der Waals surface area contributed by atoms with Gasteiger partial charge in [0.05, 0.1) is 17.2 Å². The molecule has 0 fully saturated rings. The van der Waals surface area contributed by atoms with Crippen LogP contribution in [-0.2, 0) is 6.18 Å². The molecule has 0 saturated carbocycles. The Bertz CT molecular complexity index is 899. The van der Waals surface area contributed by atoms with Gasteiger partial charge in [0.2, 0.25) is 5.41 Å². The maximum Gasteiger partial charge on any atom is 0.416 e. The first-order chi connectivity index (χ1) is 13.6. The first kappa shape index (κ1) is 23.4. The number of nitrogens with two attached hydrogens (primary N) is 1. The summed E-state index contributed by atoms with van der Waals surface area (Å²) in [6.07, 6.45) is -15.6. The van der Waals surface area contributed by atoms with E-state index in [1.54, 1.807) is 0 Å². The van der Waals surface area contributed by atoms with Crippen LogP contribution in [0.15, 0.2) is 47.4 Å². The molecular weight excluding hydrogens is 429 g/mol. The van der Waals surface area contributed by atoms with Gasteiger partial charge in [-0.3, -0.25) is 0 Å². The molecule has 0 radical (unpaired) electrons. The lowest BCUT2D eigenvalue weighted by Crippen LogP contribution is -2.60. The van der Waals surface area contributed by atoms with Gasteiger partial charge in [0, 0.05) is 17.3 Å². The molecule has 1 aliphatic rings. The Morgan fingerprint density at radius 3 is 1.80 bits per heavy atom. The fraction of sp³-hybridized carbons (Fsp3) is 0.389. The van der Waals surface area contributed by atoms with E-state index in [1.165, 1.54) is 0 Å². The average Bonchev–Trinajstić information content (AvgIpc) is 2.59. The summed E-state index contributed by atoms with van der Waals surface area (Å²) >= 11 is 0. The van der Waals surface area contributed by atoms with Gasteiger partial charge in [-0.15, -0.1) is 0 Å². The van der Waals surface area contributed by atoms with E-state index in [2.05, 4.69) is 0 Å². The molecule has 0 bridgehead atoms. The van der Waals surface area contributed by atoms with E-state index in [4.69, 9.17) is 5.73 Å². The second kappa shape index (κ2) is 7.14. The highest BCUT2D eigenvalue weighted by Gasteiger charge is 2.77. The quantitative estimate of drug-likeness (QED) is 0.553. The smallest absolute Gasteiger partial charge is 0.384 e. The van der Waals surface area contributed by atoms with Crippen LogP contribution in [0.1, 0.15) is 19.4 Å². The fourth-order valence-corrected chi connectivity index (χ4v) is 3.63. The second-order valence-electron chi connectivity index (χ2n) is 6.49. The Hall–Kier alpha value is -2.84. The zero-order valence-electron chi connectivity index (χ0n) is 15.3. The Kier molecular flexibility index (Phi) is 5.58. The molecule has 1 aliphatic heterocycles. The minimum atomic E-state index is -5.93. The zero-order chi connectivity index (χ0) is 23.3. The van der Waals surface area contributed by atoms with Crippen molar-refractivity contribution in [1.82, 2.24) is 0 Å². The minimum Gasteiger partial charge on any atom is -0.384 e. The molecule has 2 rings (SSSR count). The highest BCUT2D eigenvalue weighted by Crippen LogP contribution is 2.63. The molecule has 0 amide bonds. The molecule has 1 unspecified atom stereocenters. The molecule has 1 aromatic carbocycles. The monoisotopic (exact) mass is 443 g/mol. The summed E-state index contributed by atoms with van der Waals surface area (Å²) in [4.78, 5) is 0.721. The van der Waals surface area contributed by atoms with Crippen LogP contribution in [-0.4, -0.2) is 12.4 Å². The van der Waals surface area contributed by atoms with Crippen LogP contribution in [0.25, 0.3) is 0 Å². The van der Waals surface area contributed by atoms with Gasteiger partial charge in [0.15, 0.2) is 0 Å². The average molecular weight is 443 g/mol. The van der Waals surface area contributed by atoms with Crippen LogP contribution in [0.2, 0.25) is 0 Å². The molecule has 0 aromatic heterocycles. The van der Waals surface area contributed by atoms with Crippen molar-refractivity contribution in [3.05, 3.63) is 53.0 Å². The van der Waals surface area contributed by atoms with Crippen LogP contribution in [0.4, 0.5) is 45.2 Å². The first-order valence-corrected chi connectivity index (χ1v) is 8.23. The number of hydrogen-bond acceptors (Lipinski definition) is 3. The molecule has 164 valence electrons. The van der Waals surface area contributed by atoms with E-state index in [0.717, 1.165) is 36.1 Å². The van der Waals surface area contributed by atoms with Gasteiger partial charge in [-0.25, -0.2) is 0 Å². The van der Waals surface area contributed by atoms with Gasteiger partial charge in [-0.05, 0) is 31.2 Å². The van der Waals surface area contributed by atoms with Crippen molar-refractivity contribution in [2.24, 2.45) is 17.1 Å². The van der Waals surface area contributed by atoms with Gasteiger partial charge >= 0.3 is 18.5 Å². The van der Waals surface area contributed by atoms with E-state index >= 15 is 0 Å². The summed E-state index contributed by atoms with van der Waals surface area (Å²) in [5.74, 6) is -3.52. The molecule has 1 aromatic rings. The van der Waals surface area contributed by atoms with Gasteiger partial charge in [-0.2, -0.15) is 44.8 Å². The summed E-state index contributed by atoms with van der Waals surface area (Å²) in [6, 6.07) is 3.82. The van der Waals surface area contributed by atoms with Crippen LogP contribution in [0, 0.1) is 22.7 Å². The molecule has 1 heterocycles. The highest BCUT2D eigenvalue weighted by atomic mass is 19.4. The van der Waals surface area contributed by atoms with Crippen molar-refractivity contribution in [2.75, 3.05) is 4.90 Å². The zero-order valence-corrected chi connectivity index (χ0v) is 15.3. The van der Waals surface area contributed by atoms with Crippen molar-refractivity contribution in [2.45, 2.75) is 32.4 Å². The van der Waals surface area contributed by atoms with E-state index < -0.39 is 52.5 Å². The standard InChI is InChI=1S/C18H14F9N3/c1-3-13-9(2)15(17(22,23)24,18(25,26)27)12(8-28)14(29)30(13)11-6-4-10(5-7-11)16(19,20)21/h3-7,9H,29H2,1-2H3. The predicted molar refractivity (Wildman–Crippen MR) is 88.2 cm³/mol. The summed E-state index contributed by atoms with van der Waals surface area (Å²) in [6.45, 7) is 1.79. The van der Waals surface area contributed by atoms with Crippen LogP contribution in [0.5, 0.6) is 0 Å².